The third-order valence-corrected chi connectivity index (χ3v) is 2.61. The minimum atomic E-state index is 0. The fourth-order valence-corrected chi connectivity index (χ4v) is 1.51. The maximum Gasteiger partial charge on any atom is 0.0443 e. The van der Waals surface area contributed by atoms with Crippen LogP contribution < -0.4 is 0 Å². The third-order valence-electron chi connectivity index (χ3n) is 2.61. The molecule has 0 spiro atoms. The summed E-state index contributed by atoms with van der Waals surface area (Å²) in [4.78, 5) is 0. The van der Waals surface area contributed by atoms with Gasteiger partial charge in [-0.1, -0.05) is 25.9 Å². The second kappa shape index (κ2) is 22.3. The Morgan fingerprint density at radius 3 is 1.89 bits per heavy atom. The predicted molar refractivity (Wildman–Crippen MR) is 48.5 cm³/mol. The average molecular weight is 988 g/mol. The molecule has 1 rings (SSSR count). The van der Waals surface area contributed by atoms with Crippen LogP contribution >= 0.6 is 0 Å². The summed E-state index contributed by atoms with van der Waals surface area (Å²) in [5, 5.41) is 0. The van der Waals surface area contributed by atoms with Crippen LogP contribution in [0.1, 0.15) is 13.8 Å². The van der Waals surface area contributed by atoms with E-state index in [4.69, 9.17) is 9.47 Å². The summed E-state index contributed by atoms with van der Waals surface area (Å²) in [6.45, 7) is 8.98. The summed E-state index contributed by atoms with van der Waals surface area (Å²) in [6, 6.07) is 0. The van der Waals surface area contributed by atoms with Gasteiger partial charge in [-0.15, -0.1) is 0 Å². The largest absolute Gasteiger partial charge is 0.436 e. The van der Waals surface area contributed by atoms with Gasteiger partial charge < -0.3 is 16.4 Å². The molecule has 0 bridgehead atoms. The summed E-state index contributed by atoms with van der Waals surface area (Å²) in [6.07, 6.45) is 2.43. The van der Waals surface area contributed by atoms with E-state index in [2.05, 4.69) is 27.2 Å². The van der Waals surface area contributed by atoms with Crippen molar-refractivity contribution in [2.75, 3.05) is 13.7 Å². The van der Waals surface area contributed by atoms with Crippen LogP contribution in [0.2, 0.25) is 0 Å². The van der Waals surface area contributed by atoms with E-state index in [0.717, 1.165) is 0 Å². The molecule has 0 amide bonds. The Labute approximate surface area is 231 Å². The average Bonchev–Trinajstić information content (AvgIpc) is 2.01. The fraction of sp³-hybridized carbons (Fsp3) is 0.800. The zero-order valence-corrected chi connectivity index (χ0v) is 28.4. The molecule has 0 N–H and O–H groups in total. The van der Waals surface area contributed by atoms with Crippen LogP contribution in [0.5, 0.6) is 0 Å². The predicted octanol–water partition coefficient (Wildman–Crippen LogP) is 1.70. The number of hydrogen-bond acceptors (Lipinski definition) is 2. The van der Waals surface area contributed by atoms with Crippen molar-refractivity contribution in [3.8, 4) is 0 Å². The van der Waals surface area contributed by atoms with Gasteiger partial charge in [-0.25, -0.2) is 0 Å². The molecule has 1 aliphatic heterocycles. The molecule has 99 valence electrons. The molecule has 1 unspecified atom stereocenters. The minimum Gasteiger partial charge on any atom is -0.436 e. The van der Waals surface area contributed by atoms with Gasteiger partial charge in [0.15, 0.2) is 0 Å². The van der Waals surface area contributed by atoms with E-state index >= 15 is 0 Å². The molecule has 1 saturated heterocycles. The molecule has 0 aromatic heterocycles. The second-order valence-electron chi connectivity index (χ2n) is 3.58. The molecule has 0 aliphatic carbocycles. The van der Waals surface area contributed by atoms with Crippen molar-refractivity contribution in [3.05, 3.63) is 13.3 Å². The standard InChI is InChI=1S/C10H18O2.3W.3Y/c1-7-5-10(6-11-4)12-9(3)8(7)2;;;;;;/h5,7-10H,3,6H2,1-2,4H3;;;;;;/q-2;;;;;;/t7-,8-,9?,10-;;;;;;/m1....../s1. The summed E-state index contributed by atoms with van der Waals surface area (Å²) in [5.74, 6) is 1.08. The van der Waals surface area contributed by atoms with Crippen molar-refractivity contribution < 1.29 is 171 Å². The van der Waals surface area contributed by atoms with Crippen molar-refractivity contribution in [1.29, 1.82) is 0 Å². The monoisotopic (exact) mass is 989 g/mol. The normalized spacial score (nSPS) is 28.7. The quantitative estimate of drug-likeness (QED) is 0.393. The van der Waals surface area contributed by atoms with Gasteiger partial charge in [0.1, 0.15) is 0 Å². The second-order valence-corrected chi connectivity index (χ2v) is 3.58. The number of methoxy groups -OCH3 is 1. The maximum atomic E-state index is 5.62. The number of rotatable bonds is 2. The zero-order valence-electron chi connectivity index (χ0n) is 11.1. The van der Waals surface area contributed by atoms with Crippen molar-refractivity contribution in [2.45, 2.75) is 26.1 Å². The molecule has 1 heterocycles. The van der Waals surface area contributed by atoms with E-state index in [1.165, 1.54) is 0 Å². The maximum absolute atomic E-state index is 5.62. The Kier molecular flexibility index (Phi) is 48.0. The topological polar surface area (TPSA) is 18.5 Å². The molecule has 0 aromatic carbocycles. The first kappa shape index (κ1) is 38.7. The molecule has 0 saturated carbocycles. The Morgan fingerprint density at radius 2 is 1.56 bits per heavy atom. The van der Waals surface area contributed by atoms with Crippen LogP contribution in [0.4, 0.5) is 0 Å². The molecule has 8 heteroatoms. The van der Waals surface area contributed by atoms with E-state index in [0.29, 0.717) is 18.4 Å². The molecular formula is C10H18O2W3Y3-2. The third kappa shape index (κ3) is 14.9. The first-order valence-electron chi connectivity index (χ1n) is 4.47. The van der Waals surface area contributed by atoms with Crippen LogP contribution in [0.3, 0.4) is 0 Å². The van der Waals surface area contributed by atoms with E-state index in [9.17, 15) is 0 Å². The first-order chi connectivity index (χ1) is 5.65. The van der Waals surface area contributed by atoms with E-state index < -0.39 is 0 Å². The molecule has 1 fully saturated rings. The number of hydrogen-bond donors (Lipinski definition) is 0. The van der Waals surface area contributed by atoms with Crippen LogP contribution in [0.25, 0.3) is 0 Å². The first-order valence-corrected chi connectivity index (χ1v) is 4.47. The Balaban J connectivity index is -0.0000000600. The van der Waals surface area contributed by atoms with Gasteiger partial charge in [-0.05, 0) is 6.10 Å². The Bertz CT molecular complexity index is 146. The Hall–Kier alpha value is 5.30. The smallest absolute Gasteiger partial charge is 0.0443 e. The molecule has 3 radical (unpaired) electrons. The van der Waals surface area contributed by atoms with E-state index in [1.807, 2.05) is 0 Å². The van der Waals surface area contributed by atoms with Crippen LogP contribution in [0.15, 0.2) is 0 Å². The summed E-state index contributed by atoms with van der Waals surface area (Å²) in [5.41, 5.74) is 0. The van der Waals surface area contributed by atoms with Crippen molar-refractivity contribution in [3.63, 3.8) is 0 Å². The molecular weight excluding hydrogens is 970 g/mol. The summed E-state index contributed by atoms with van der Waals surface area (Å²) >= 11 is 0. The van der Waals surface area contributed by atoms with Crippen molar-refractivity contribution in [1.82, 2.24) is 0 Å². The van der Waals surface area contributed by atoms with Crippen LogP contribution in [-0.4, -0.2) is 25.9 Å². The summed E-state index contributed by atoms with van der Waals surface area (Å²) < 4.78 is 10.6. The molecule has 4 atom stereocenters. The van der Waals surface area contributed by atoms with Crippen LogP contribution in [0, 0.1) is 25.2 Å². The van der Waals surface area contributed by atoms with Crippen molar-refractivity contribution in [2.24, 2.45) is 11.8 Å². The fourth-order valence-electron chi connectivity index (χ4n) is 1.51. The van der Waals surface area contributed by atoms with Gasteiger partial charge in [-0.3, -0.25) is 6.42 Å². The van der Waals surface area contributed by atoms with Crippen LogP contribution in [-0.2, 0) is 171 Å². The van der Waals surface area contributed by atoms with Gasteiger partial charge in [0, 0.05) is 175 Å². The zero-order chi connectivity index (χ0) is 9.14. The molecule has 0 aromatic rings. The molecule has 18 heavy (non-hydrogen) atoms. The van der Waals surface area contributed by atoms with Gasteiger partial charge in [0.2, 0.25) is 0 Å². The Morgan fingerprint density at radius 1 is 1.11 bits per heavy atom. The van der Waals surface area contributed by atoms with Gasteiger partial charge in [0.05, 0.1) is 0 Å². The van der Waals surface area contributed by atoms with E-state index in [1.54, 1.807) is 7.11 Å². The SMILES string of the molecule is [CH2-]C1O[C@@H](COC)[CH-][C@@H](C)[C@H]1C.[W].[W].[W].[Y].[Y].[Y]. The van der Waals surface area contributed by atoms with Crippen molar-refractivity contribution >= 4 is 0 Å². The van der Waals surface area contributed by atoms with E-state index in [-0.39, 0.29) is 174 Å². The van der Waals surface area contributed by atoms with Gasteiger partial charge in [0.25, 0.3) is 0 Å². The minimum absolute atomic E-state index is 0. The number of ether oxygens (including phenoxy) is 2. The van der Waals surface area contributed by atoms with Gasteiger partial charge >= 0.3 is 0 Å². The van der Waals surface area contributed by atoms with Gasteiger partial charge in [-0.2, -0.15) is 5.92 Å². The molecule has 2 nitrogen and oxygen atoms in total. The summed E-state index contributed by atoms with van der Waals surface area (Å²) in [7, 11) is 1.69. The molecule has 1 aliphatic rings.